The van der Waals surface area contributed by atoms with Gasteiger partial charge in [0.25, 0.3) is 0 Å². The zero-order valence-corrected chi connectivity index (χ0v) is 16.0. The fourth-order valence-electron chi connectivity index (χ4n) is 2.79. The van der Waals surface area contributed by atoms with Gasteiger partial charge >= 0.3 is 0 Å². The predicted octanol–water partition coefficient (Wildman–Crippen LogP) is 3.64. The van der Waals surface area contributed by atoms with E-state index >= 15 is 0 Å². The van der Waals surface area contributed by atoms with E-state index in [2.05, 4.69) is 11.6 Å². The maximum absolute atomic E-state index is 13.4. The van der Waals surface area contributed by atoms with Crippen LogP contribution in [0.15, 0.2) is 72.1 Å². The zero-order chi connectivity index (χ0) is 21.0. The highest BCUT2D eigenvalue weighted by Crippen LogP contribution is 2.37. The second kappa shape index (κ2) is 8.22. The Hall–Kier alpha value is -3.54. The van der Waals surface area contributed by atoms with Gasteiger partial charge in [0, 0.05) is 16.7 Å². The van der Waals surface area contributed by atoms with E-state index in [-0.39, 0.29) is 28.5 Å². The molecular formula is C21H16FN3O3S. The van der Waals surface area contributed by atoms with Gasteiger partial charge in [-0.1, -0.05) is 30.9 Å². The smallest absolute Gasteiger partial charge is 0.238 e. The molecule has 146 valence electrons. The molecule has 2 aromatic carbocycles. The maximum Gasteiger partial charge on any atom is 0.238 e. The van der Waals surface area contributed by atoms with Gasteiger partial charge in [-0.25, -0.2) is 22.9 Å². The van der Waals surface area contributed by atoms with Crippen LogP contribution in [-0.2, 0) is 10.0 Å². The number of halogens is 1. The highest BCUT2D eigenvalue weighted by Gasteiger charge is 2.21. The highest BCUT2D eigenvalue weighted by atomic mass is 32.2. The lowest BCUT2D eigenvalue weighted by Gasteiger charge is -2.15. The second-order valence-electron chi connectivity index (χ2n) is 6.00. The first-order valence-corrected chi connectivity index (χ1v) is 9.96. The molecular weight excluding hydrogens is 393 g/mol. The lowest BCUT2D eigenvalue weighted by atomic mass is 9.97. The van der Waals surface area contributed by atoms with Gasteiger partial charge in [0.2, 0.25) is 15.9 Å². The molecule has 2 N–H and O–H groups in total. The van der Waals surface area contributed by atoms with Crippen LogP contribution in [0.25, 0.3) is 22.4 Å². The summed E-state index contributed by atoms with van der Waals surface area (Å²) in [5, 5.41) is 14.9. The number of hydrogen-bond donors (Lipinski definition) is 1. The van der Waals surface area contributed by atoms with Crippen LogP contribution in [-0.4, -0.2) is 20.0 Å². The summed E-state index contributed by atoms with van der Waals surface area (Å²) in [7, 11) is -4.05. The van der Waals surface area contributed by atoms with Crippen molar-refractivity contribution in [1.82, 2.24) is 4.98 Å². The molecule has 0 saturated carbocycles. The number of rotatable bonds is 6. The Morgan fingerprint density at radius 1 is 1.17 bits per heavy atom. The Labute approximate surface area is 167 Å². The average Bonchev–Trinajstić information content (AvgIpc) is 2.71. The Bertz CT molecular complexity index is 1220. The second-order valence-corrected chi connectivity index (χ2v) is 7.53. The highest BCUT2D eigenvalue weighted by molar-refractivity contribution is 7.89. The molecule has 0 aliphatic rings. The van der Waals surface area contributed by atoms with Gasteiger partial charge in [-0.2, -0.15) is 5.26 Å². The van der Waals surface area contributed by atoms with Gasteiger partial charge in [0.15, 0.2) is 0 Å². The monoisotopic (exact) mass is 409 g/mol. The normalized spacial score (nSPS) is 10.9. The van der Waals surface area contributed by atoms with Crippen LogP contribution in [0.4, 0.5) is 4.39 Å². The predicted molar refractivity (Wildman–Crippen MR) is 107 cm³/mol. The molecule has 0 radical (unpaired) electrons. The van der Waals surface area contributed by atoms with E-state index in [0.717, 1.165) is 0 Å². The van der Waals surface area contributed by atoms with Gasteiger partial charge < -0.3 is 4.74 Å². The van der Waals surface area contributed by atoms with Crippen molar-refractivity contribution in [2.75, 3.05) is 6.61 Å². The summed E-state index contributed by atoms with van der Waals surface area (Å²) < 4.78 is 43.1. The Morgan fingerprint density at radius 3 is 2.48 bits per heavy atom. The molecule has 3 rings (SSSR count). The minimum absolute atomic E-state index is 0.0589. The molecule has 0 unspecified atom stereocenters. The van der Waals surface area contributed by atoms with Crippen molar-refractivity contribution in [3.63, 3.8) is 0 Å². The van der Waals surface area contributed by atoms with Gasteiger partial charge in [0.05, 0.1) is 10.6 Å². The van der Waals surface area contributed by atoms with E-state index in [4.69, 9.17) is 9.88 Å². The van der Waals surface area contributed by atoms with Crippen molar-refractivity contribution >= 4 is 10.0 Å². The Balaban J connectivity index is 2.36. The number of primary sulfonamides is 1. The molecule has 1 heterocycles. The summed E-state index contributed by atoms with van der Waals surface area (Å²) in [6.45, 7) is 3.69. The van der Waals surface area contributed by atoms with Crippen molar-refractivity contribution < 1.29 is 17.5 Å². The first kappa shape index (κ1) is 20.2. The van der Waals surface area contributed by atoms with Crippen LogP contribution < -0.4 is 9.88 Å². The number of aromatic nitrogens is 1. The summed E-state index contributed by atoms with van der Waals surface area (Å²) in [5.74, 6) is -0.374. The third-order valence-corrected chi connectivity index (χ3v) is 5.02. The van der Waals surface area contributed by atoms with E-state index in [1.807, 2.05) is 6.07 Å². The van der Waals surface area contributed by atoms with Crippen LogP contribution in [0.2, 0.25) is 0 Å². The SMILES string of the molecule is C=CCOc1nc(-c2ccc(F)cc2)c(-c2ccccc2S(N)(=O)=O)cc1C#N. The summed E-state index contributed by atoms with van der Waals surface area (Å²) >= 11 is 0. The van der Waals surface area contributed by atoms with Crippen molar-refractivity contribution in [1.29, 1.82) is 5.26 Å². The van der Waals surface area contributed by atoms with Crippen LogP contribution in [0.1, 0.15) is 5.56 Å². The minimum atomic E-state index is -4.05. The first-order chi connectivity index (χ1) is 13.8. The number of hydrogen-bond acceptors (Lipinski definition) is 5. The number of sulfonamides is 1. The van der Waals surface area contributed by atoms with Crippen LogP contribution in [0.3, 0.4) is 0 Å². The molecule has 0 spiro atoms. The fourth-order valence-corrected chi connectivity index (χ4v) is 3.55. The van der Waals surface area contributed by atoms with Crippen LogP contribution in [0.5, 0.6) is 5.88 Å². The lowest BCUT2D eigenvalue weighted by molar-refractivity contribution is 0.348. The minimum Gasteiger partial charge on any atom is -0.472 e. The molecule has 0 atom stereocenters. The molecule has 6 nitrogen and oxygen atoms in total. The van der Waals surface area contributed by atoms with E-state index < -0.39 is 15.8 Å². The van der Waals surface area contributed by atoms with Crippen LogP contribution in [0, 0.1) is 17.1 Å². The Morgan fingerprint density at radius 2 is 1.86 bits per heavy atom. The molecule has 0 aliphatic carbocycles. The van der Waals surface area contributed by atoms with Crippen molar-refractivity contribution in [3.8, 4) is 34.3 Å². The van der Waals surface area contributed by atoms with Gasteiger partial charge in [-0.3, -0.25) is 0 Å². The Kier molecular flexibility index (Phi) is 5.73. The maximum atomic E-state index is 13.4. The zero-order valence-electron chi connectivity index (χ0n) is 15.2. The standard InChI is InChI=1S/C21H16FN3O3S/c1-2-11-28-21-15(13-23)12-18(17-5-3-4-6-19(17)29(24,26)27)20(25-21)14-7-9-16(22)10-8-14/h2-10,12H,1,11H2,(H2,24,26,27). The van der Waals surface area contributed by atoms with Crippen molar-refractivity contribution in [2.24, 2.45) is 5.14 Å². The summed E-state index contributed by atoms with van der Waals surface area (Å²) in [4.78, 5) is 4.31. The topological polar surface area (TPSA) is 106 Å². The molecule has 0 amide bonds. The lowest BCUT2D eigenvalue weighted by Crippen LogP contribution is -2.13. The molecule has 1 aromatic heterocycles. The fraction of sp³-hybridized carbons (Fsp3) is 0.0476. The number of pyridine rings is 1. The van der Waals surface area contributed by atoms with E-state index in [1.165, 1.54) is 42.5 Å². The number of nitrogens with zero attached hydrogens (tertiary/aromatic N) is 2. The summed E-state index contributed by atoms with van der Waals surface area (Å²) in [6, 6.07) is 15.1. The van der Waals surface area contributed by atoms with Crippen molar-refractivity contribution in [2.45, 2.75) is 4.90 Å². The summed E-state index contributed by atoms with van der Waals surface area (Å²) in [6.07, 6.45) is 1.50. The molecule has 3 aromatic rings. The number of nitriles is 1. The van der Waals surface area contributed by atoms with Gasteiger partial charge in [0.1, 0.15) is 24.1 Å². The largest absolute Gasteiger partial charge is 0.472 e. The van der Waals surface area contributed by atoms with Crippen molar-refractivity contribution in [3.05, 3.63) is 78.6 Å². The summed E-state index contributed by atoms with van der Waals surface area (Å²) in [5.41, 5.74) is 1.56. The molecule has 0 saturated heterocycles. The molecule has 0 bridgehead atoms. The number of benzene rings is 2. The molecule has 29 heavy (non-hydrogen) atoms. The number of nitrogens with two attached hydrogens (primary N) is 1. The quantitative estimate of drug-likeness (QED) is 0.626. The molecule has 0 fully saturated rings. The van der Waals surface area contributed by atoms with E-state index in [9.17, 15) is 18.1 Å². The molecule has 8 heteroatoms. The average molecular weight is 409 g/mol. The van der Waals surface area contributed by atoms with Gasteiger partial charge in [-0.05, 0) is 36.4 Å². The van der Waals surface area contributed by atoms with E-state index in [1.54, 1.807) is 18.2 Å². The third-order valence-electron chi connectivity index (χ3n) is 4.05. The first-order valence-electron chi connectivity index (χ1n) is 8.42. The van der Waals surface area contributed by atoms with E-state index in [0.29, 0.717) is 16.8 Å². The van der Waals surface area contributed by atoms with Gasteiger partial charge in [-0.15, -0.1) is 0 Å². The number of ether oxygens (including phenoxy) is 1. The van der Waals surface area contributed by atoms with Crippen LogP contribution >= 0.6 is 0 Å². The molecule has 0 aliphatic heterocycles. The third kappa shape index (κ3) is 4.32.